The number of nitrogens with zero attached hydrogens (tertiary/aromatic N) is 1. The molecule has 1 aromatic rings. The van der Waals surface area contributed by atoms with Crippen LogP contribution in [0.2, 0.25) is 0 Å². The van der Waals surface area contributed by atoms with E-state index in [-0.39, 0.29) is 11.9 Å². The van der Waals surface area contributed by atoms with Gasteiger partial charge in [0.15, 0.2) is 0 Å². The first-order chi connectivity index (χ1) is 9.59. The second-order valence-electron chi connectivity index (χ2n) is 3.97. The second kappa shape index (κ2) is 7.01. The molecule has 10 heteroatoms. The van der Waals surface area contributed by atoms with Crippen LogP contribution in [0.15, 0.2) is 29.2 Å². The third-order valence-electron chi connectivity index (χ3n) is 2.47. The highest BCUT2D eigenvalue weighted by molar-refractivity contribution is 9.09. The van der Waals surface area contributed by atoms with Crippen molar-refractivity contribution in [3.05, 3.63) is 29.8 Å². The van der Waals surface area contributed by atoms with Crippen molar-refractivity contribution in [2.24, 2.45) is 0 Å². The Balaban J connectivity index is 3.22. The summed E-state index contributed by atoms with van der Waals surface area (Å²) < 4.78 is 87.3. The molecule has 0 saturated heterocycles. The van der Waals surface area contributed by atoms with Gasteiger partial charge in [-0.3, -0.25) is 0 Å². The molecule has 0 aliphatic heterocycles. The maximum atomic E-state index is 12.6. The van der Waals surface area contributed by atoms with Crippen molar-refractivity contribution in [3.8, 4) is 0 Å². The molecule has 3 nitrogen and oxygen atoms in total. The van der Waals surface area contributed by atoms with Crippen molar-refractivity contribution in [3.63, 3.8) is 0 Å². The van der Waals surface area contributed by atoms with Gasteiger partial charge in [-0.05, 0) is 18.2 Å². The van der Waals surface area contributed by atoms with Gasteiger partial charge in [-0.25, -0.2) is 17.2 Å². The van der Waals surface area contributed by atoms with Crippen molar-refractivity contribution in [1.29, 1.82) is 0 Å². The Bertz CT molecular complexity index is 576. The molecule has 0 aromatic heterocycles. The van der Waals surface area contributed by atoms with Crippen molar-refractivity contribution in [2.75, 3.05) is 18.4 Å². The monoisotopic (exact) mass is 395 g/mol. The molecule has 1 rings (SSSR count). The predicted molar refractivity (Wildman–Crippen MR) is 70.0 cm³/mol. The van der Waals surface area contributed by atoms with E-state index in [1.54, 1.807) is 0 Å². The third kappa shape index (κ3) is 4.89. The zero-order valence-corrected chi connectivity index (χ0v) is 12.9. The van der Waals surface area contributed by atoms with Gasteiger partial charge in [-0.2, -0.15) is 17.5 Å². The number of halogens is 6. The number of benzene rings is 1. The Labute approximate surface area is 126 Å². The molecular formula is C11H11BrF5NO2S. The molecule has 0 unspecified atom stereocenters. The summed E-state index contributed by atoms with van der Waals surface area (Å²) in [7, 11) is -4.42. The van der Waals surface area contributed by atoms with E-state index in [9.17, 15) is 30.4 Å². The average molecular weight is 396 g/mol. The topological polar surface area (TPSA) is 37.4 Å². The number of hydrogen-bond donors (Lipinski definition) is 0. The quantitative estimate of drug-likeness (QED) is 0.547. The highest BCUT2D eigenvalue weighted by Gasteiger charge is 2.33. The fraction of sp³-hybridized carbons (Fsp3) is 0.455. The zero-order valence-electron chi connectivity index (χ0n) is 10.4. The summed E-state index contributed by atoms with van der Waals surface area (Å²) in [6.45, 7) is -1.35. The van der Waals surface area contributed by atoms with Gasteiger partial charge in [0, 0.05) is 11.9 Å². The Kier molecular flexibility index (Phi) is 6.11. The van der Waals surface area contributed by atoms with E-state index in [1.807, 2.05) is 0 Å². The van der Waals surface area contributed by atoms with Crippen LogP contribution in [0.5, 0.6) is 0 Å². The van der Waals surface area contributed by atoms with Crippen LogP contribution in [0, 0.1) is 0 Å². The van der Waals surface area contributed by atoms with Crippen LogP contribution >= 0.6 is 15.9 Å². The van der Waals surface area contributed by atoms with E-state index in [2.05, 4.69) is 15.9 Å². The lowest BCUT2D eigenvalue weighted by molar-refractivity contribution is -0.137. The summed E-state index contributed by atoms with van der Waals surface area (Å²) in [5, 5.41) is 0.0813. The largest absolute Gasteiger partial charge is 0.416 e. The minimum absolute atomic E-state index is 0.0813. The van der Waals surface area contributed by atoms with E-state index in [4.69, 9.17) is 0 Å². The minimum atomic E-state index is -4.71. The maximum absolute atomic E-state index is 12.6. The number of sulfonamides is 1. The average Bonchev–Trinajstić information content (AvgIpc) is 2.37. The number of hydrogen-bond acceptors (Lipinski definition) is 2. The number of alkyl halides is 6. The van der Waals surface area contributed by atoms with Gasteiger partial charge >= 0.3 is 6.18 Å². The van der Waals surface area contributed by atoms with E-state index >= 15 is 0 Å². The summed E-state index contributed by atoms with van der Waals surface area (Å²) in [4.78, 5) is -0.668. The summed E-state index contributed by atoms with van der Waals surface area (Å²) in [5.74, 6) is 0. The molecule has 0 aliphatic rings. The Morgan fingerprint density at radius 1 is 1.24 bits per heavy atom. The highest BCUT2D eigenvalue weighted by atomic mass is 79.9. The van der Waals surface area contributed by atoms with E-state index in [0.29, 0.717) is 16.4 Å². The first-order valence-electron chi connectivity index (χ1n) is 5.60. The van der Waals surface area contributed by atoms with E-state index < -0.39 is 39.6 Å². The molecule has 21 heavy (non-hydrogen) atoms. The summed E-state index contributed by atoms with van der Waals surface area (Å²) in [6, 6.07) is 3.00. The van der Waals surface area contributed by atoms with Gasteiger partial charge in [0.25, 0.3) is 6.43 Å². The summed E-state index contributed by atoms with van der Waals surface area (Å²) in [5.41, 5.74) is -1.15. The number of rotatable bonds is 6. The molecular weight excluding hydrogens is 385 g/mol. The van der Waals surface area contributed by atoms with E-state index in [0.717, 1.165) is 12.1 Å². The maximum Gasteiger partial charge on any atom is 0.416 e. The summed E-state index contributed by atoms with van der Waals surface area (Å²) >= 11 is 2.92. The molecule has 1 aromatic carbocycles. The van der Waals surface area contributed by atoms with Crippen molar-refractivity contribution in [1.82, 2.24) is 4.31 Å². The zero-order chi connectivity index (χ0) is 16.3. The summed E-state index contributed by atoms with van der Waals surface area (Å²) in [6.07, 6.45) is -7.64. The molecule has 120 valence electrons. The van der Waals surface area contributed by atoms with Gasteiger partial charge in [-0.1, -0.05) is 22.0 Å². The molecule has 0 heterocycles. The molecule has 0 spiro atoms. The van der Waals surface area contributed by atoms with Crippen molar-refractivity contribution >= 4 is 26.0 Å². The SMILES string of the molecule is O=S(=O)(c1cccc(C(F)(F)F)c1)N(CCBr)CC(F)F. The Morgan fingerprint density at radius 3 is 2.33 bits per heavy atom. The molecule has 0 saturated carbocycles. The van der Waals surface area contributed by atoms with Gasteiger partial charge in [0.2, 0.25) is 10.0 Å². The highest BCUT2D eigenvalue weighted by Crippen LogP contribution is 2.31. The van der Waals surface area contributed by atoms with Crippen LogP contribution in [0.25, 0.3) is 0 Å². The van der Waals surface area contributed by atoms with Crippen molar-refractivity contribution in [2.45, 2.75) is 17.5 Å². The van der Waals surface area contributed by atoms with Gasteiger partial charge in [0.1, 0.15) is 0 Å². The van der Waals surface area contributed by atoms with Crippen LogP contribution < -0.4 is 0 Å². The first kappa shape index (κ1) is 18.3. The fourth-order valence-electron chi connectivity index (χ4n) is 1.54. The second-order valence-corrected chi connectivity index (χ2v) is 6.70. The van der Waals surface area contributed by atoms with Crippen molar-refractivity contribution < 1.29 is 30.4 Å². The van der Waals surface area contributed by atoms with Crippen LogP contribution in [0.3, 0.4) is 0 Å². The minimum Gasteiger partial charge on any atom is -0.209 e. The molecule has 0 N–H and O–H groups in total. The van der Waals surface area contributed by atoms with Gasteiger partial charge in [0.05, 0.1) is 17.0 Å². The molecule has 0 aliphatic carbocycles. The normalized spacial score (nSPS) is 13.1. The molecule has 0 amide bonds. The van der Waals surface area contributed by atoms with Crippen LogP contribution in [-0.4, -0.2) is 37.6 Å². The van der Waals surface area contributed by atoms with Crippen LogP contribution in [0.4, 0.5) is 22.0 Å². The molecule has 0 atom stereocenters. The van der Waals surface area contributed by atoms with Gasteiger partial charge < -0.3 is 0 Å². The molecule has 0 bridgehead atoms. The van der Waals surface area contributed by atoms with Crippen LogP contribution in [-0.2, 0) is 16.2 Å². The lowest BCUT2D eigenvalue weighted by Crippen LogP contribution is -2.36. The Morgan fingerprint density at radius 2 is 1.86 bits per heavy atom. The lowest BCUT2D eigenvalue weighted by atomic mass is 10.2. The molecule has 0 fully saturated rings. The smallest absolute Gasteiger partial charge is 0.209 e. The predicted octanol–water partition coefficient (Wildman–Crippen LogP) is 3.36. The standard InChI is InChI=1S/C11H11BrF5NO2S/c12-4-5-18(7-10(13)14)21(19,20)9-3-1-2-8(6-9)11(15,16)17/h1-3,6,10H,4-5,7H2. The first-order valence-corrected chi connectivity index (χ1v) is 8.16. The third-order valence-corrected chi connectivity index (χ3v) is 4.69. The Hall–Kier alpha value is -0.740. The lowest BCUT2D eigenvalue weighted by Gasteiger charge is -2.21. The van der Waals surface area contributed by atoms with Crippen LogP contribution in [0.1, 0.15) is 5.56 Å². The molecule has 0 radical (unpaired) electrons. The fourth-order valence-corrected chi connectivity index (χ4v) is 3.67. The van der Waals surface area contributed by atoms with E-state index in [1.165, 1.54) is 0 Å². The van der Waals surface area contributed by atoms with Gasteiger partial charge in [-0.15, -0.1) is 0 Å².